The number of rotatable bonds is 4. The van der Waals surface area contributed by atoms with Gasteiger partial charge in [-0.25, -0.2) is 0 Å². The lowest BCUT2D eigenvalue weighted by Gasteiger charge is -2.24. The van der Waals surface area contributed by atoms with Gasteiger partial charge in [0.05, 0.1) is 12.7 Å². The minimum Gasteiger partial charge on any atom is -0.394 e. The number of para-hydroxylation sites is 1. The summed E-state index contributed by atoms with van der Waals surface area (Å²) >= 11 is 0. The topological polar surface area (TPSA) is 68.3 Å². The summed E-state index contributed by atoms with van der Waals surface area (Å²) in [5.41, 5.74) is 3.83. The van der Waals surface area contributed by atoms with Crippen LogP contribution in [0, 0.1) is 0 Å². The molecule has 0 amide bonds. The van der Waals surface area contributed by atoms with Gasteiger partial charge >= 0.3 is 0 Å². The van der Waals surface area contributed by atoms with Crippen molar-refractivity contribution in [3.63, 3.8) is 0 Å². The third kappa shape index (κ3) is 2.39. The first-order valence-corrected chi connectivity index (χ1v) is 6.91. The molecule has 0 saturated heterocycles. The van der Waals surface area contributed by atoms with Crippen molar-refractivity contribution in [1.82, 2.24) is 10.3 Å². The lowest BCUT2D eigenvalue weighted by molar-refractivity contribution is 0.0911. The van der Waals surface area contributed by atoms with E-state index in [0.717, 1.165) is 19.3 Å². The summed E-state index contributed by atoms with van der Waals surface area (Å²) in [4.78, 5) is 3.50. The van der Waals surface area contributed by atoms with Crippen LogP contribution in [0.1, 0.15) is 30.1 Å². The van der Waals surface area contributed by atoms with Gasteiger partial charge in [0, 0.05) is 29.2 Å². The first-order valence-electron chi connectivity index (χ1n) is 6.91. The molecule has 1 aliphatic carbocycles. The Labute approximate surface area is 112 Å². The Hall–Kier alpha value is -1.36. The molecule has 3 rings (SSSR count). The van der Waals surface area contributed by atoms with Crippen molar-refractivity contribution in [2.75, 3.05) is 13.2 Å². The van der Waals surface area contributed by atoms with E-state index < -0.39 is 6.10 Å². The van der Waals surface area contributed by atoms with Gasteiger partial charge in [-0.05, 0) is 30.9 Å². The Kier molecular flexibility index (Phi) is 3.55. The van der Waals surface area contributed by atoms with Crippen molar-refractivity contribution >= 4 is 10.9 Å². The number of benzene rings is 1. The van der Waals surface area contributed by atoms with E-state index in [-0.39, 0.29) is 12.6 Å². The number of fused-ring (bicyclic) bond motifs is 3. The van der Waals surface area contributed by atoms with Crippen LogP contribution in [0.3, 0.4) is 0 Å². The van der Waals surface area contributed by atoms with Gasteiger partial charge in [-0.15, -0.1) is 0 Å². The highest BCUT2D eigenvalue weighted by Crippen LogP contribution is 2.34. The van der Waals surface area contributed by atoms with E-state index in [4.69, 9.17) is 5.11 Å². The number of aryl methyl sites for hydroxylation is 1. The monoisotopic (exact) mass is 260 g/mol. The zero-order chi connectivity index (χ0) is 13.2. The van der Waals surface area contributed by atoms with Crippen LogP contribution in [-0.2, 0) is 6.42 Å². The molecule has 0 bridgehead atoms. The molecule has 0 radical (unpaired) electrons. The summed E-state index contributed by atoms with van der Waals surface area (Å²) in [5.74, 6) is 0. The predicted molar refractivity (Wildman–Crippen MR) is 75.1 cm³/mol. The van der Waals surface area contributed by atoms with E-state index >= 15 is 0 Å². The van der Waals surface area contributed by atoms with Crippen LogP contribution in [0.5, 0.6) is 0 Å². The van der Waals surface area contributed by atoms with Gasteiger partial charge < -0.3 is 20.5 Å². The number of nitrogens with one attached hydrogen (secondary N) is 2. The minimum atomic E-state index is -0.685. The fourth-order valence-electron chi connectivity index (χ4n) is 2.96. The van der Waals surface area contributed by atoms with Crippen molar-refractivity contribution in [3.05, 3.63) is 35.5 Å². The molecule has 0 spiro atoms. The number of aliphatic hydroxyl groups is 2. The maximum absolute atomic E-state index is 9.45. The number of aliphatic hydroxyl groups excluding tert-OH is 2. The van der Waals surface area contributed by atoms with Crippen LogP contribution in [0.2, 0.25) is 0 Å². The van der Waals surface area contributed by atoms with Crippen LogP contribution in [-0.4, -0.2) is 34.5 Å². The van der Waals surface area contributed by atoms with Crippen molar-refractivity contribution in [1.29, 1.82) is 0 Å². The van der Waals surface area contributed by atoms with E-state index in [2.05, 4.69) is 28.5 Å². The lowest BCUT2D eigenvalue weighted by atomic mass is 9.91. The zero-order valence-electron chi connectivity index (χ0n) is 10.9. The highest BCUT2D eigenvalue weighted by molar-refractivity contribution is 5.85. The van der Waals surface area contributed by atoms with Gasteiger partial charge in [0.1, 0.15) is 0 Å². The van der Waals surface area contributed by atoms with Crippen LogP contribution in [0.25, 0.3) is 10.9 Å². The molecule has 102 valence electrons. The Bertz CT molecular complexity index is 564. The first kappa shape index (κ1) is 12.7. The second kappa shape index (κ2) is 5.33. The molecule has 4 heteroatoms. The van der Waals surface area contributed by atoms with Crippen LogP contribution in [0.4, 0.5) is 0 Å². The second-order valence-electron chi connectivity index (χ2n) is 5.25. The third-order valence-corrected chi connectivity index (χ3v) is 3.93. The van der Waals surface area contributed by atoms with E-state index in [1.54, 1.807) is 0 Å². The quantitative estimate of drug-likeness (QED) is 0.673. The summed E-state index contributed by atoms with van der Waals surface area (Å²) in [6.45, 7) is 0.231. The van der Waals surface area contributed by atoms with Crippen LogP contribution in [0.15, 0.2) is 24.3 Å². The summed E-state index contributed by atoms with van der Waals surface area (Å²) in [6, 6.07) is 8.63. The first-order chi connectivity index (χ1) is 9.29. The SMILES string of the molecule is OCC(O)CNC1CCCc2c1[nH]c1ccccc21. The van der Waals surface area contributed by atoms with E-state index in [0.29, 0.717) is 6.54 Å². The molecule has 0 aliphatic heterocycles. The maximum atomic E-state index is 9.45. The minimum absolute atomic E-state index is 0.195. The van der Waals surface area contributed by atoms with E-state index in [1.165, 1.54) is 22.2 Å². The zero-order valence-corrected chi connectivity index (χ0v) is 10.9. The highest BCUT2D eigenvalue weighted by atomic mass is 16.3. The average Bonchev–Trinajstić information content (AvgIpc) is 2.84. The Balaban J connectivity index is 1.87. The Morgan fingerprint density at radius 1 is 1.37 bits per heavy atom. The van der Waals surface area contributed by atoms with Gasteiger partial charge in [-0.2, -0.15) is 0 Å². The van der Waals surface area contributed by atoms with Crippen molar-refractivity contribution in [2.24, 2.45) is 0 Å². The molecular formula is C15H20N2O2. The molecule has 1 heterocycles. The molecule has 2 unspecified atom stereocenters. The third-order valence-electron chi connectivity index (χ3n) is 3.93. The smallest absolute Gasteiger partial charge is 0.0895 e. The fraction of sp³-hybridized carbons (Fsp3) is 0.467. The molecule has 2 aromatic rings. The summed E-state index contributed by atoms with van der Waals surface area (Å²) in [6.07, 6.45) is 2.65. The summed E-state index contributed by atoms with van der Waals surface area (Å²) in [5, 5.41) is 23.0. The number of hydrogen-bond acceptors (Lipinski definition) is 3. The molecule has 0 fully saturated rings. The molecule has 0 saturated carbocycles. The normalized spacial score (nSPS) is 20.4. The molecular weight excluding hydrogens is 240 g/mol. The van der Waals surface area contributed by atoms with Crippen molar-refractivity contribution < 1.29 is 10.2 Å². The van der Waals surface area contributed by atoms with Crippen LogP contribution < -0.4 is 5.32 Å². The molecule has 4 nitrogen and oxygen atoms in total. The molecule has 1 aromatic carbocycles. The van der Waals surface area contributed by atoms with E-state index in [9.17, 15) is 5.11 Å². The van der Waals surface area contributed by atoms with E-state index in [1.807, 2.05) is 6.07 Å². The number of aromatic amines is 1. The summed E-state index contributed by atoms with van der Waals surface area (Å²) < 4.78 is 0. The van der Waals surface area contributed by atoms with Crippen molar-refractivity contribution in [2.45, 2.75) is 31.4 Å². The molecule has 1 aliphatic rings. The molecule has 1 aromatic heterocycles. The highest BCUT2D eigenvalue weighted by Gasteiger charge is 2.24. The predicted octanol–water partition coefficient (Wildman–Crippen LogP) is 1.49. The van der Waals surface area contributed by atoms with Gasteiger partial charge in [-0.1, -0.05) is 18.2 Å². The fourth-order valence-corrected chi connectivity index (χ4v) is 2.96. The number of H-pyrrole nitrogens is 1. The maximum Gasteiger partial charge on any atom is 0.0895 e. The van der Waals surface area contributed by atoms with Gasteiger partial charge in [-0.3, -0.25) is 0 Å². The summed E-state index contributed by atoms with van der Waals surface area (Å²) in [7, 11) is 0. The Morgan fingerprint density at radius 3 is 3.05 bits per heavy atom. The Morgan fingerprint density at radius 2 is 2.21 bits per heavy atom. The lowest BCUT2D eigenvalue weighted by Crippen LogP contribution is -2.34. The molecule has 2 atom stereocenters. The van der Waals surface area contributed by atoms with Gasteiger partial charge in [0.2, 0.25) is 0 Å². The standard InChI is InChI=1S/C15H20N2O2/c18-9-10(19)8-16-14-7-3-5-12-11-4-1-2-6-13(11)17-15(12)14/h1-2,4,6,10,14,16-19H,3,5,7-9H2. The molecule has 19 heavy (non-hydrogen) atoms. The average molecular weight is 260 g/mol. The van der Waals surface area contributed by atoms with Gasteiger partial charge in [0.25, 0.3) is 0 Å². The number of aromatic nitrogens is 1. The van der Waals surface area contributed by atoms with Crippen LogP contribution >= 0.6 is 0 Å². The second-order valence-corrected chi connectivity index (χ2v) is 5.25. The number of hydrogen-bond donors (Lipinski definition) is 4. The van der Waals surface area contributed by atoms with Gasteiger partial charge in [0.15, 0.2) is 0 Å². The molecule has 4 N–H and O–H groups in total. The largest absolute Gasteiger partial charge is 0.394 e. The van der Waals surface area contributed by atoms with Crippen molar-refractivity contribution in [3.8, 4) is 0 Å².